The van der Waals surface area contributed by atoms with Gasteiger partial charge in [0.05, 0.1) is 17.3 Å². The molecule has 0 saturated carbocycles. The first kappa shape index (κ1) is 11.8. The lowest BCUT2D eigenvalue weighted by Gasteiger charge is -2.21. The third-order valence-electron chi connectivity index (χ3n) is 3.24. The van der Waals surface area contributed by atoms with E-state index in [-0.39, 0.29) is 18.2 Å². The third kappa shape index (κ3) is 1.85. The summed E-state index contributed by atoms with van der Waals surface area (Å²) in [6.07, 6.45) is 1.89. The molecule has 1 saturated heterocycles. The summed E-state index contributed by atoms with van der Waals surface area (Å²) in [7, 11) is 0. The molecule has 2 aromatic rings. The van der Waals surface area contributed by atoms with Crippen LogP contribution in [-0.2, 0) is 0 Å². The van der Waals surface area contributed by atoms with E-state index in [1.807, 2.05) is 4.90 Å². The molecule has 1 unspecified atom stereocenters. The summed E-state index contributed by atoms with van der Waals surface area (Å²) in [6.45, 7) is 0.863. The molecule has 3 rings (SSSR count). The van der Waals surface area contributed by atoms with E-state index in [1.165, 1.54) is 17.4 Å². The Labute approximate surface area is 107 Å². The van der Waals surface area contributed by atoms with E-state index in [9.17, 15) is 13.9 Å². The average molecular weight is 270 g/mol. The summed E-state index contributed by atoms with van der Waals surface area (Å²) < 4.78 is 27.2. The Morgan fingerprint density at radius 1 is 1.44 bits per heavy atom. The Hall–Kier alpha value is -1.27. The molecule has 1 aliphatic heterocycles. The van der Waals surface area contributed by atoms with Gasteiger partial charge in [-0.15, -0.1) is 0 Å². The van der Waals surface area contributed by atoms with E-state index in [4.69, 9.17) is 0 Å². The van der Waals surface area contributed by atoms with Crippen molar-refractivity contribution in [2.45, 2.75) is 18.9 Å². The van der Waals surface area contributed by atoms with Crippen LogP contribution >= 0.6 is 11.3 Å². The lowest BCUT2D eigenvalue weighted by Crippen LogP contribution is -2.31. The fourth-order valence-corrected chi connectivity index (χ4v) is 3.45. The van der Waals surface area contributed by atoms with Gasteiger partial charge in [-0.1, -0.05) is 11.3 Å². The molecule has 18 heavy (non-hydrogen) atoms. The Kier molecular flexibility index (Phi) is 2.91. The molecular weight excluding hydrogens is 258 g/mol. The van der Waals surface area contributed by atoms with Gasteiger partial charge >= 0.3 is 0 Å². The first-order valence-electron chi connectivity index (χ1n) is 5.82. The maximum Gasteiger partial charge on any atom is 0.186 e. The van der Waals surface area contributed by atoms with E-state index in [2.05, 4.69) is 4.98 Å². The van der Waals surface area contributed by atoms with E-state index in [0.717, 1.165) is 25.5 Å². The predicted molar refractivity (Wildman–Crippen MR) is 67.0 cm³/mol. The van der Waals surface area contributed by atoms with Crippen LogP contribution in [0.25, 0.3) is 10.2 Å². The standard InChI is InChI=1S/C12H12F2N2OS/c13-7-4-9(14)11-10(5-7)18-12(15-11)16-3-1-2-8(16)6-17/h4-5,8,17H,1-3,6H2. The fourth-order valence-electron chi connectivity index (χ4n) is 2.35. The van der Waals surface area contributed by atoms with E-state index < -0.39 is 11.6 Å². The molecule has 1 aliphatic rings. The maximum absolute atomic E-state index is 13.6. The summed E-state index contributed by atoms with van der Waals surface area (Å²) in [5, 5.41) is 9.93. The van der Waals surface area contributed by atoms with Crippen LogP contribution in [0, 0.1) is 11.6 Å². The lowest BCUT2D eigenvalue weighted by atomic mass is 10.2. The SMILES string of the molecule is OCC1CCCN1c1nc2c(F)cc(F)cc2s1. The average Bonchev–Trinajstić information content (AvgIpc) is 2.92. The highest BCUT2D eigenvalue weighted by atomic mass is 32.1. The molecule has 1 atom stereocenters. The Balaban J connectivity index is 2.05. The van der Waals surface area contributed by atoms with E-state index >= 15 is 0 Å². The van der Waals surface area contributed by atoms with Crippen LogP contribution in [0.3, 0.4) is 0 Å². The molecule has 1 aromatic heterocycles. The Bertz CT molecular complexity index is 587. The van der Waals surface area contributed by atoms with Gasteiger partial charge < -0.3 is 10.0 Å². The quantitative estimate of drug-likeness (QED) is 0.911. The number of halogens is 2. The Morgan fingerprint density at radius 2 is 2.28 bits per heavy atom. The zero-order valence-corrected chi connectivity index (χ0v) is 10.4. The minimum atomic E-state index is -0.632. The van der Waals surface area contributed by atoms with Gasteiger partial charge in [-0.2, -0.15) is 0 Å². The summed E-state index contributed by atoms with van der Waals surface area (Å²) in [5.74, 6) is -1.22. The van der Waals surface area contributed by atoms with Crippen molar-refractivity contribution in [3.63, 3.8) is 0 Å². The number of anilines is 1. The zero-order chi connectivity index (χ0) is 12.7. The topological polar surface area (TPSA) is 36.4 Å². The molecule has 0 bridgehead atoms. The summed E-state index contributed by atoms with van der Waals surface area (Å²) in [6, 6.07) is 2.18. The second-order valence-corrected chi connectivity index (χ2v) is 5.41. The number of aliphatic hydroxyl groups is 1. The maximum atomic E-state index is 13.6. The molecule has 0 radical (unpaired) electrons. The monoisotopic (exact) mass is 270 g/mol. The number of aliphatic hydroxyl groups excluding tert-OH is 1. The van der Waals surface area contributed by atoms with Crippen molar-refractivity contribution >= 4 is 26.7 Å². The van der Waals surface area contributed by atoms with Crippen molar-refractivity contribution in [3.8, 4) is 0 Å². The number of benzene rings is 1. The minimum Gasteiger partial charge on any atom is -0.394 e. The second kappa shape index (κ2) is 4.44. The van der Waals surface area contributed by atoms with Gasteiger partial charge in [0.25, 0.3) is 0 Å². The fraction of sp³-hybridized carbons (Fsp3) is 0.417. The molecule has 3 nitrogen and oxygen atoms in total. The molecule has 1 N–H and O–H groups in total. The molecule has 1 fully saturated rings. The predicted octanol–water partition coefficient (Wildman–Crippen LogP) is 2.54. The van der Waals surface area contributed by atoms with Crippen molar-refractivity contribution in [2.75, 3.05) is 18.1 Å². The lowest BCUT2D eigenvalue weighted by molar-refractivity contribution is 0.266. The smallest absolute Gasteiger partial charge is 0.186 e. The van der Waals surface area contributed by atoms with Crippen LogP contribution in [0.1, 0.15) is 12.8 Å². The second-order valence-electron chi connectivity index (χ2n) is 4.40. The molecule has 6 heteroatoms. The summed E-state index contributed by atoms with van der Waals surface area (Å²) in [5.41, 5.74) is 0.208. The first-order chi connectivity index (χ1) is 8.69. The van der Waals surface area contributed by atoms with Gasteiger partial charge in [-0.25, -0.2) is 13.8 Å². The molecule has 0 amide bonds. The van der Waals surface area contributed by atoms with Crippen LogP contribution in [0.5, 0.6) is 0 Å². The number of hydrogen-bond acceptors (Lipinski definition) is 4. The van der Waals surface area contributed by atoms with Gasteiger partial charge in [0, 0.05) is 12.6 Å². The number of nitrogens with zero attached hydrogens (tertiary/aromatic N) is 2. The van der Waals surface area contributed by atoms with Crippen molar-refractivity contribution in [3.05, 3.63) is 23.8 Å². The van der Waals surface area contributed by atoms with Crippen LogP contribution in [0.2, 0.25) is 0 Å². The van der Waals surface area contributed by atoms with Crippen molar-refractivity contribution in [1.29, 1.82) is 0 Å². The largest absolute Gasteiger partial charge is 0.394 e. The Morgan fingerprint density at radius 3 is 3.06 bits per heavy atom. The van der Waals surface area contributed by atoms with Crippen LogP contribution in [-0.4, -0.2) is 29.3 Å². The number of rotatable bonds is 2. The molecule has 2 heterocycles. The van der Waals surface area contributed by atoms with E-state index in [1.54, 1.807) is 0 Å². The highest BCUT2D eigenvalue weighted by Crippen LogP contribution is 2.34. The first-order valence-corrected chi connectivity index (χ1v) is 6.64. The van der Waals surface area contributed by atoms with Gasteiger partial charge in [-0.05, 0) is 18.9 Å². The van der Waals surface area contributed by atoms with Crippen LogP contribution in [0.4, 0.5) is 13.9 Å². The normalized spacial score (nSPS) is 19.9. The van der Waals surface area contributed by atoms with Gasteiger partial charge in [0.1, 0.15) is 11.3 Å². The highest BCUT2D eigenvalue weighted by molar-refractivity contribution is 7.22. The molecule has 96 valence electrons. The minimum absolute atomic E-state index is 0.0403. The third-order valence-corrected chi connectivity index (χ3v) is 4.27. The number of fused-ring (bicyclic) bond motifs is 1. The molecule has 1 aromatic carbocycles. The number of hydrogen-bond donors (Lipinski definition) is 1. The molecule has 0 aliphatic carbocycles. The molecule has 0 spiro atoms. The van der Waals surface area contributed by atoms with Gasteiger partial charge in [-0.3, -0.25) is 0 Å². The van der Waals surface area contributed by atoms with Crippen molar-refractivity contribution in [1.82, 2.24) is 4.98 Å². The highest BCUT2D eigenvalue weighted by Gasteiger charge is 2.26. The van der Waals surface area contributed by atoms with Gasteiger partial charge in [0.15, 0.2) is 10.9 Å². The van der Waals surface area contributed by atoms with Crippen LogP contribution < -0.4 is 4.90 Å². The zero-order valence-electron chi connectivity index (χ0n) is 9.57. The molecular formula is C12H12F2N2OS. The number of thiazole rings is 1. The number of aromatic nitrogens is 1. The van der Waals surface area contributed by atoms with Crippen LogP contribution in [0.15, 0.2) is 12.1 Å². The summed E-state index contributed by atoms with van der Waals surface area (Å²) >= 11 is 1.27. The van der Waals surface area contributed by atoms with Crippen molar-refractivity contribution < 1.29 is 13.9 Å². The summed E-state index contributed by atoms with van der Waals surface area (Å²) in [4.78, 5) is 6.20. The van der Waals surface area contributed by atoms with Crippen molar-refractivity contribution in [2.24, 2.45) is 0 Å². The van der Waals surface area contributed by atoms with Gasteiger partial charge in [0.2, 0.25) is 0 Å². The van der Waals surface area contributed by atoms with E-state index in [0.29, 0.717) is 9.83 Å².